The van der Waals surface area contributed by atoms with Gasteiger partial charge >= 0.3 is 0 Å². The third-order valence-corrected chi connectivity index (χ3v) is 3.93. The monoisotopic (exact) mass is 344 g/mol. The molecule has 0 aliphatic rings. The van der Waals surface area contributed by atoms with Crippen LogP contribution in [0.3, 0.4) is 0 Å². The highest BCUT2D eigenvalue weighted by Crippen LogP contribution is 2.23. The Balaban J connectivity index is 2.91. The molecule has 0 radical (unpaired) electrons. The van der Waals surface area contributed by atoms with Gasteiger partial charge in [-0.1, -0.05) is 28.1 Å². The molecule has 0 aromatic heterocycles. The standard InChI is InChI=1S/C15H25BrN2O2/c1-12(11-20-3)18(8-9-19-2)15(10-17)13-4-6-14(16)7-5-13/h4-7,12,15H,8-11,17H2,1-3H3. The van der Waals surface area contributed by atoms with Crippen molar-refractivity contribution in [3.8, 4) is 0 Å². The third kappa shape index (κ3) is 5.14. The summed E-state index contributed by atoms with van der Waals surface area (Å²) in [6, 6.07) is 8.78. The molecule has 0 aliphatic carbocycles. The van der Waals surface area contributed by atoms with Crippen molar-refractivity contribution in [3.05, 3.63) is 34.3 Å². The predicted molar refractivity (Wildman–Crippen MR) is 85.9 cm³/mol. The van der Waals surface area contributed by atoms with E-state index in [9.17, 15) is 0 Å². The van der Waals surface area contributed by atoms with Crippen LogP contribution in [-0.4, -0.2) is 51.5 Å². The second-order valence-corrected chi connectivity index (χ2v) is 5.75. The molecule has 0 amide bonds. The summed E-state index contributed by atoms with van der Waals surface area (Å²) in [4.78, 5) is 2.34. The van der Waals surface area contributed by atoms with E-state index in [4.69, 9.17) is 15.2 Å². The summed E-state index contributed by atoms with van der Waals surface area (Å²) >= 11 is 3.46. The molecule has 2 atom stereocenters. The number of hydrogen-bond donors (Lipinski definition) is 1. The lowest BCUT2D eigenvalue weighted by atomic mass is 10.0. The highest BCUT2D eigenvalue weighted by atomic mass is 79.9. The lowest BCUT2D eigenvalue weighted by molar-refractivity contribution is 0.0487. The maximum absolute atomic E-state index is 6.01. The van der Waals surface area contributed by atoms with Crippen molar-refractivity contribution in [2.24, 2.45) is 5.73 Å². The van der Waals surface area contributed by atoms with Crippen LogP contribution >= 0.6 is 15.9 Å². The Morgan fingerprint density at radius 3 is 2.35 bits per heavy atom. The molecule has 0 spiro atoms. The number of hydrogen-bond acceptors (Lipinski definition) is 4. The van der Waals surface area contributed by atoms with Crippen molar-refractivity contribution in [2.45, 2.75) is 19.0 Å². The van der Waals surface area contributed by atoms with Crippen LogP contribution in [0, 0.1) is 0 Å². The van der Waals surface area contributed by atoms with E-state index < -0.39 is 0 Å². The first kappa shape index (κ1) is 17.6. The topological polar surface area (TPSA) is 47.7 Å². The molecular weight excluding hydrogens is 320 g/mol. The fourth-order valence-corrected chi connectivity index (χ4v) is 2.63. The van der Waals surface area contributed by atoms with Gasteiger partial charge in [0.25, 0.3) is 0 Å². The summed E-state index contributed by atoms with van der Waals surface area (Å²) in [5, 5.41) is 0. The van der Waals surface area contributed by atoms with E-state index >= 15 is 0 Å². The Morgan fingerprint density at radius 2 is 1.85 bits per heavy atom. The zero-order chi connectivity index (χ0) is 15.0. The van der Waals surface area contributed by atoms with E-state index in [-0.39, 0.29) is 12.1 Å². The maximum atomic E-state index is 6.01. The average Bonchev–Trinajstić information content (AvgIpc) is 2.45. The second kappa shape index (κ2) is 9.47. The zero-order valence-electron chi connectivity index (χ0n) is 12.5. The van der Waals surface area contributed by atoms with Crippen LogP contribution in [0.25, 0.3) is 0 Å². The van der Waals surface area contributed by atoms with Crippen molar-refractivity contribution in [1.82, 2.24) is 4.90 Å². The van der Waals surface area contributed by atoms with Crippen LogP contribution in [0.1, 0.15) is 18.5 Å². The first-order chi connectivity index (χ1) is 9.63. The minimum Gasteiger partial charge on any atom is -0.383 e. The number of benzene rings is 1. The van der Waals surface area contributed by atoms with E-state index in [2.05, 4.69) is 39.9 Å². The summed E-state index contributed by atoms with van der Waals surface area (Å²) < 4.78 is 11.6. The summed E-state index contributed by atoms with van der Waals surface area (Å²) in [5.41, 5.74) is 7.23. The van der Waals surface area contributed by atoms with Crippen LogP contribution in [0.5, 0.6) is 0 Å². The van der Waals surface area contributed by atoms with Crippen molar-refractivity contribution < 1.29 is 9.47 Å². The molecule has 2 unspecified atom stereocenters. The molecule has 1 aromatic carbocycles. The van der Waals surface area contributed by atoms with E-state index in [0.29, 0.717) is 19.8 Å². The van der Waals surface area contributed by atoms with Gasteiger partial charge in [-0.15, -0.1) is 0 Å². The van der Waals surface area contributed by atoms with Gasteiger partial charge in [-0.05, 0) is 24.6 Å². The molecule has 1 rings (SSSR count). The number of nitrogens with zero attached hydrogens (tertiary/aromatic N) is 1. The van der Waals surface area contributed by atoms with Crippen LogP contribution < -0.4 is 5.73 Å². The third-order valence-electron chi connectivity index (χ3n) is 3.41. The largest absolute Gasteiger partial charge is 0.383 e. The lowest BCUT2D eigenvalue weighted by Gasteiger charge is -2.35. The minimum absolute atomic E-state index is 0.170. The van der Waals surface area contributed by atoms with E-state index in [0.717, 1.165) is 11.0 Å². The van der Waals surface area contributed by atoms with Gasteiger partial charge < -0.3 is 15.2 Å². The molecule has 4 nitrogen and oxygen atoms in total. The number of ether oxygens (including phenoxy) is 2. The van der Waals surface area contributed by atoms with Crippen molar-refractivity contribution in [2.75, 3.05) is 40.5 Å². The SMILES string of the molecule is COCCN(C(C)COC)C(CN)c1ccc(Br)cc1. The van der Waals surface area contributed by atoms with Crippen LogP contribution in [0.2, 0.25) is 0 Å². The molecule has 0 fully saturated rings. The van der Waals surface area contributed by atoms with Gasteiger partial charge in [-0.3, -0.25) is 4.90 Å². The first-order valence-electron chi connectivity index (χ1n) is 6.83. The quantitative estimate of drug-likeness (QED) is 0.747. The van der Waals surface area contributed by atoms with Gasteiger partial charge in [0, 0.05) is 43.9 Å². The van der Waals surface area contributed by atoms with Gasteiger partial charge in [0.15, 0.2) is 0 Å². The fraction of sp³-hybridized carbons (Fsp3) is 0.600. The van der Waals surface area contributed by atoms with Gasteiger partial charge in [0.05, 0.1) is 13.2 Å². The number of nitrogens with two attached hydrogens (primary N) is 1. The van der Waals surface area contributed by atoms with Crippen molar-refractivity contribution in [1.29, 1.82) is 0 Å². The molecular formula is C15H25BrN2O2. The van der Waals surface area contributed by atoms with E-state index in [1.54, 1.807) is 14.2 Å². The van der Waals surface area contributed by atoms with Crippen LogP contribution in [0.15, 0.2) is 28.7 Å². The van der Waals surface area contributed by atoms with E-state index in [1.165, 1.54) is 5.56 Å². The Hall–Kier alpha value is -0.460. The van der Waals surface area contributed by atoms with E-state index in [1.807, 2.05) is 12.1 Å². The minimum atomic E-state index is 0.170. The highest BCUT2D eigenvalue weighted by molar-refractivity contribution is 9.10. The molecule has 0 saturated heterocycles. The molecule has 1 aromatic rings. The van der Waals surface area contributed by atoms with Gasteiger partial charge in [-0.25, -0.2) is 0 Å². The normalized spacial score (nSPS) is 14.5. The summed E-state index contributed by atoms with van der Waals surface area (Å²) in [6.07, 6.45) is 0. The molecule has 0 saturated carbocycles. The Bertz CT molecular complexity index is 373. The van der Waals surface area contributed by atoms with Gasteiger partial charge in [-0.2, -0.15) is 0 Å². The molecule has 0 aliphatic heterocycles. The maximum Gasteiger partial charge on any atom is 0.0615 e. The Labute approximate surface area is 130 Å². The smallest absolute Gasteiger partial charge is 0.0615 e. The summed E-state index contributed by atoms with van der Waals surface area (Å²) in [6.45, 7) is 4.91. The van der Waals surface area contributed by atoms with Crippen LogP contribution in [0.4, 0.5) is 0 Å². The molecule has 0 heterocycles. The number of methoxy groups -OCH3 is 2. The molecule has 2 N–H and O–H groups in total. The molecule has 20 heavy (non-hydrogen) atoms. The fourth-order valence-electron chi connectivity index (χ4n) is 2.36. The van der Waals surface area contributed by atoms with Gasteiger partial charge in [0.2, 0.25) is 0 Å². The van der Waals surface area contributed by atoms with Crippen molar-refractivity contribution in [3.63, 3.8) is 0 Å². The molecule has 114 valence electrons. The van der Waals surface area contributed by atoms with Crippen molar-refractivity contribution >= 4 is 15.9 Å². The second-order valence-electron chi connectivity index (χ2n) is 4.84. The molecule has 0 bridgehead atoms. The lowest BCUT2D eigenvalue weighted by Crippen LogP contribution is -2.43. The number of rotatable bonds is 9. The van der Waals surface area contributed by atoms with Gasteiger partial charge in [0.1, 0.15) is 0 Å². The van der Waals surface area contributed by atoms with Crippen LogP contribution in [-0.2, 0) is 9.47 Å². The average molecular weight is 345 g/mol. The Morgan fingerprint density at radius 1 is 1.20 bits per heavy atom. The number of halogens is 1. The summed E-state index contributed by atoms with van der Waals surface area (Å²) in [7, 11) is 3.44. The first-order valence-corrected chi connectivity index (χ1v) is 7.62. The Kier molecular flexibility index (Phi) is 8.33. The zero-order valence-corrected chi connectivity index (χ0v) is 14.1. The predicted octanol–water partition coefficient (Wildman–Crippen LogP) is 2.43. The molecule has 5 heteroatoms. The summed E-state index contributed by atoms with van der Waals surface area (Å²) in [5.74, 6) is 0. The highest BCUT2D eigenvalue weighted by Gasteiger charge is 2.23.